The number of nitrogens with one attached hydrogen (secondary N) is 1. The van der Waals surface area contributed by atoms with Crippen molar-refractivity contribution in [3.8, 4) is 0 Å². The average molecular weight is 270 g/mol. The zero-order valence-corrected chi connectivity index (χ0v) is 11.8. The Morgan fingerprint density at radius 3 is 2.74 bits per heavy atom. The topological polar surface area (TPSA) is 73.6 Å². The summed E-state index contributed by atoms with van der Waals surface area (Å²) >= 11 is 0. The summed E-state index contributed by atoms with van der Waals surface area (Å²) in [5.41, 5.74) is 1.87. The van der Waals surface area contributed by atoms with E-state index in [0.29, 0.717) is 39.2 Å². The number of aromatic nitrogens is 1. The molecule has 0 saturated carbocycles. The van der Waals surface area contributed by atoms with Gasteiger partial charge in [0.15, 0.2) is 0 Å². The van der Waals surface area contributed by atoms with Crippen molar-refractivity contribution < 1.29 is 18.8 Å². The second-order valence-electron chi connectivity index (χ2n) is 4.26. The Bertz CT molecular complexity index is 370. The first-order chi connectivity index (χ1) is 9.15. The predicted molar refractivity (Wildman–Crippen MR) is 70.0 cm³/mol. The third kappa shape index (κ3) is 5.85. The largest absolute Gasteiger partial charge is 0.382 e. The van der Waals surface area contributed by atoms with Crippen LogP contribution in [0.15, 0.2) is 4.52 Å². The molecule has 108 valence electrons. The molecule has 0 fully saturated rings. The maximum Gasteiger partial charge on any atom is 0.220 e. The summed E-state index contributed by atoms with van der Waals surface area (Å²) in [7, 11) is 1.62. The molecule has 19 heavy (non-hydrogen) atoms. The van der Waals surface area contributed by atoms with Crippen LogP contribution >= 0.6 is 0 Å². The van der Waals surface area contributed by atoms with E-state index < -0.39 is 0 Å². The van der Waals surface area contributed by atoms with Crippen molar-refractivity contribution in [3.63, 3.8) is 0 Å². The highest BCUT2D eigenvalue weighted by atomic mass is 16.5. The highest BCUT2D eigenvalue weighted by Gasteiger charge is 2.10. The van der Waals surface area contributed by atoms with Gasteiger partial charge in [0.05, 0.1) is 25.5 Å². The Labute approximate surface area is 113 Å². The number of rotatable bonds is 9. The predicted octanol–water partition coefficient (Wildman–Crippen LogP) is 1.00. The van der Waals surface area contributed by atoms with Crippen LogP contribution in [0, 0.1) is 13.8 Å². The standard InChI is InChI=1S/C13H22N2O4/c1-10-12(11(2)19-15-10)4-5-13(16)14-6-7-18-9-8-17-3/h4-9H2,1-3H3,(H,14,16). The number of hydrogen-bond donors (Lipinski definition) is 1. The number of amides is 1. The fourth-order valence-corrected chi connectivity index (χ4v) is 1.69. The highest BCUT2D eigenvalue weighted by Crippen LogP contribution is 2.13. The van der Waals surface area contributed by atoms with Crippen molar-refractivity contribution in [2.45, 2.75) is 26.7 Å². The zero-order chi connectivity index (χ0) is 14.1. The molecule has 1 aromatic heterocycles. The van der Waals surface area contributed by atoms with Crippen molar-refractivity contribution in [1.82, 2.24) is 10.5 Å². The smallest absolute Gasteiger partial charge is 0.220 e. The normalized spacial score (nSPS) is 10.7. The lowest BCUT2D eigenvalue weighted by Crippen LogP contribution is -2.27. The van der Waals surface area contributed by atoms with Crippen LogP contribution in [-0.4, -0.2) is 44.5 Å². The van der Waals surface area contributed by atoms with E-state index in [2.05, 4.69) is 10.5 Å². The minimum absolute atomic E-state index is 0.00958. The molecule has 0 saturated heterocycles. The second-order valence-corrected chi connectivity index (χ2v) is 4.26. The average Bonchev–Trinajstić information content (AvgIpc) is 2.71. The van der Waals surface area contributed by atoms with Crippen LogP contribution in [0.25, 0.3) is 0 Å². The molecule has 0 spiro atoms. The van der Waals surface area contributed by atoms with E-state index in [0.717, 1.165) is 17.0 Å². The quantitative estimate of drug-likeness (QED) is 0.678. The van der Waals surface area contributed by atoms with Gasteiger partial charge in [0.1, 0.15) is 5.76 Å². The van der Waals surface area contributed by atoms with Gasteiger partial charge in [0.2, 0.25) is 5.91 Å². The van der Waals surface area contributed by atoms with Gasteiger partial charge < -0.3 is 19.3 Å². The lowest BCUT2D eigenvalue weighted by atomic mass is 10.1. The lowest BCUT2D eigenvalue weighted by molar-refractivity contribution is -0.121. The summed E-state index contributed by atoms with van der Waals surface area (Å²) in [5.74, 6) is 0.795. The van der Waals surface area contributed by atoms with Gasteiger partial charge >= 0.3 is 0 Å². The molecule has 0 aliphatic heterocycles. The number of carbonyl (C=O) groups excluding carboxylic acids is 1. The molecular weight excluding hydrogens is 248 g/mol. The molecule has 1 amide bonds. The molecule has 0 atom stereocenters. The number of ether oxygens (including phenoxy) is 2. The van der Waals surface area contributed by atoms with Crippen molar-refractivity contribution in [2.75, 3.05) is 33.5 Å². The van der Waals surface area contributed by atoms with Crippen molar-refractivity contribution in [2.24, 2.45) is 0 Å². The SMILES string of the molecule is COCCOCCNC(=O)CCc1c(C)noc1C. The molecule has 0 bridgehead atoms. The second kappa shape index (κ2) is 8.66. The van der Waals surface area contributed by atoms with Gasteiger partial charge in [-0.25, -0.2) is 0 Å². The number of methoxy groups -OCH3 is 1. The first-order valence-electron chi connectivity index (χ1n) is 6.40. The van der Waals surface area contributed by atoms with E-state index in [1.165, 1.54) is 0 Å². The summed E-state index contributed by atoms with van der Waals surface area (Å²) in [5, 5.41) is 6.66. The van der Waals surface area contributed by atoms with E-state index in [-0.39, 0.29) is 5.91 Å². The minimum Gasteiger partial charge on any atom is -0.382 e. The first-order valence-corrected chi connectivity index (χ1v) is 6.40. The molecule has 0 unspecified atom stereocenters. The monoisotopic (exact) mass is 270 g/mol. The molecule has 0 radical (unpaired) electrons. The third-order valence-electron chi connectivity index (χ3n) is 2.78. The van der Waals surface area contributed by atoms with Gasteiger partial charge in [0, 0.05) is 25.6 Å². The highest BCUT2D eigenvalue weighted by molar-refractivity contribution is 5.76. The Balaban J connectivity index is 2.11. The maximum absolute atomic E-state index is 11.6. The molecular formula is C13H22N2O4. The number of carbonyl (C=O) groups is 1. The fraction of sp³-hybridized carbons (Fsp3) is 0.692. The van der Waals surface area contributed by atoms with E-state index in [4.69, 9.17) is 14.0 Å². The summed E-state index contributed by atoms with van der Waals surface area (Å²) in [6.45, 7) is 5.88. The lowest BCUT2D eigenvalue weighted by Gasteiger charge is -2.06. The fourth-order valence-electron chi connectivity index (χ4n) is 1.69. The van der Waals surface area contributed by atoms with Crippen LogP contribution in [0.4, 0.5) is 0 Å². The number of aryl methyl sites for hydroxylation is 2. The van der Waals surface area contributed by atoms with Gasteiger partial charge in [0.25, 0.3) is 0 Å². The molecule has 1 heterocycles. The van der Waals surface area contributed by atoms with Gasteiger partial charge in [-0.15, -0.1) is 0 Å². The molecule has 0 aliphatic carbocycles. The summed E-state index contributed by atoms with van der Waals surface area (Å²) < 4.78 is 15.1. The maximum atomic E-state index is 11.6. The van der Waals surface area contributed by atoms with E-state index in [1.54, 1.807) is 7.11 Å². The summed E-state index contributed by atoms with van der Waals surface area (Å²) in [4.78, 5) is 11.6. The first kappa shape index (κ1) is 15.7. The molecule has 1 rings (SSSR count). The van der Waals surface area contributed by atoms with Gasteiger partial charge in [-0.1, -0.05) is 5.16 Å². The Hall–Kier alpha value is -1.40. The molecule has 6 heteroatoms. The molecule has 6 nitrogen and oxygen atoms in total. The van der Waals surface area contributed by atoms with E-state index in [9.17, 15) is 4.79 Å². The van der Waals surface area contributed by atoms with Crippen LogP contribution in [0.5, 0.6) is 0 Å². The molecule has 0 aromatic carbocycles. The van der Waals surface area contributed by atoms with Crippen LogP contribution in [0.2, 0.25) is 0 Å². The number of hydrogen-bond acceptors (Lipinski definition) is 5. The van der Waals surface area contributed by atoms with Gasteiger partial charge in [-0.3, -0.25) is 4.79 Å². The Morgan fingerprint density at radius 1 is 1.32 bits per heavy atom. The minimum atomic E-state index is 0.00958. The van der Waals surface area contributed by atoms with Crippen molar-refractivity contribution >= 4 is 5.91 Å². The van der Waals surface area contributed by atoms with Crippen LogP contribution in [0.3, 0.4) is 0 Å². The Kier molecular flexibility index (Phi) is 7.14. The van der Waals surface area contributed by atoms with Crippen molar-refractivity contribution in [3.05, 3.63) is 17.0 Å². The molecule has 1 aromatic rings. The summed E-state index contributed by atoms with van der Waals surface area (Å²) in [6, 6.07) is 0. The van der Waals surface area contributed by atoms with E-state index in [1.807, 2.05) is 13.8 Å². The zero-order valence-electron chi connectivity index (χ0n) is 11.8. The van der Waals surface area contributed by atoms with Crippen LogP contribution in [-0.2, 0) is 20.7 Å². The third-order valence-corrected chi connectivity index (χ3v) is 2.78. The van der Waals surface area contributed by atoms with Crippen LogP contribution < -0.4 is 5.32 Å². The van der Waals surface area contributed by atoms with E-state index >= 15 is 0 Å². The van der Waals surface area contributed by atoms with Crippen LogP contribution in [0.1, 0.15) is 23.4 Å². The molecule has 0 aliphatic rings. The number of nitrogens with zero attached hydrogens (tertiary/aromatic N) is 1. The van der Waals surface area contributed by atoms with Crippen molar-refractivity contribution in [1.29, 1.82) is 0 Å². The molecule has 1 N–H and O–H groups in total. The van der Waals surface area contributed by atoms with Gasteiger partial charge in [-0.05, 0) is 20.3 Å². The summed E-state index contributed by atoms with van der Waals surface area (Å²) in [6.07, 6.45) is 1.08. The van der Waals surface area contributed by atoms with Gasteiger partial charge in [-0.2, -0.15) is 0 Å². The Morgan fingerprint density at radius 2 is 2.11 bits per heavy atom.